The summed E-state index contributed by atoms with van der Waals surface area (Å²) in [6.07, 6.45) is -3.03. The zero-order chi connectivity index (χ0) is 21.2. The van der Waals surface area contributed by atoms with Crippen molar-refractivity contribution in [3.63, 3.8) is 0 Å². The molecule has 0 radical (unpaired) electrons. The SMILES string of the molecule is CN(C)c1ccc(N)c(-c2cc(C(=O)Nc3cccc(C(F)(F)F)c3)ccn2)c1. The first-order valence-corrected chi connectivity index (χ1v) is 8.67. The van der Waals surface area contributed by atoms with Crippen LogP contribution in [0.1, 0.15) is 15.9 Å². The van der Waals surface area contributed by atoms with Gasteiger partial charge in [-0.25, -0.2) is 0 Å². The van der Waals surface area contributed by atoms with Gasteiger partial charge < -0.3 is 16.0 Å². The van der Waals surface area contributed by atoms with E-state index in [-0.39, 0.29) is 11.3 Å². The molecule has 1 aromatic heterocycles. The van der Waals surface area contributed by atoms with E-state index in [1.807, 2.05) is 31.1 Å². The molecule has 3 N–H and O–H groups in total. The van der Waals surface area contributed by atoms with Gasteiger partial charge in [0.25, 0.3) is 5.91 Å². The summed E-state index contributed by atoms with van der Waals surface area (Å²) in [6, 6.07) is 13.0. The van der Waals surface area contributed by atoms with Crippen LogP contribution in [0.2, 0.25) is 0 Å². The molecule has 1 amide bonds. The van der Waals surface area contributed by atoms with Crippen LogP contribution in [0.5, 0.6) is 0 Å². The van der Waals surface area contributed by atoms with Gasteiger partial charge in [-0.1, -0.05) is 6.07 Å². The van der Waals surface area contributed by atoms with Crippen LogP contribution in [-0.4, -0.2) is 25.0 Å². The summed E-state index contributed by atoms with van der Waals surface area (Å²) in [5.74, 6) is -0.546. The lowest BCUT2D eigenvalue weighted by Gasteiger charge is -2.15. The van der Waals surface area contributed by atoms with E-state index in [1.165, 1.54) is 24.4 Å². The number of carbonyl (C=O) groups excluding carboxylic acids is 1. The minimum atomic E-state index is -4.49. The molecular weight excluding hydrogens is 381 g/mol. The Morgan fingerprint density at radius 2 is 1.83 bits per heavy atom. The number of anilines is 3. The van der Waals surface area contributed by atoms with Gasteiger partial charge in [0.2, 0.25) is 0 Å². The van der Waals surface area contributed by atoms with E-state index in [0.717, 1.165) is 17.8 Å². The number of halogens is 3. The van der Waals surface area contributed by atoms with Crippen molar-refractivity contribution in [2.45, 2.75) is 6.18 Å². The number of carbonyl (C=O) groups is 1. The fourth-order valence-corrected chi connectivity index (χ4v) is 2.74. The van der Waals surface area contributed by atoms with Crippen molar-refractivity contribution in [2.75, 3.05) is 30.0 Å². The van der Waals surface area contributed by atoms with Gasteiger partial charge >= 0.3 is 6.18 Å². The molecule has 29 heavy (non-hydrogen) atoms. The van der Waals surface area contributed by atoms with E-state index in [9.17, 15) is 18.0 Å². The number of amides is 1. The molecular formula is C21H19F3N4O. The van der Waals surface area contributed by atoms with Gasteiger partial charge in [-0.2, -0.15) is 13.2 Å². The summed E-state index contributed by atoms with van der Waals surface area (Å²) in [5, 5.41) is 2.49. The van der Waals surface area contributed by atoms with Crippen LogP contribution < -0.4 is 16.0 Å². The van der Waals surface area contributed by atoms with Crippen LogP contribution in [0.4, 0.5) is 30.2 Å². The smallest absolute Gasteiger partial charge is 0.398 e. The number of nitrogen functional groups attached to an aromatic ring is 1. The standard InChI is InChI=1S/C21H19F3N4O/c1-28(2)16-6-7-18(25)17(12-16)19-10-13(8-9-26-19)20(29)27-15-5-3-4-14(11-15)21(22,23)24/h3-12H,25H2,1-2H3,(H,27,29). The maximum atomic E-state index is 12.9. The number of hydrogen-bond donors (Lipinski definition) is 2. The summed E-state index contributed by atoms with van der Waals surface area (Å²) >= 11 is 0. The Bertz CT molecular complexity index is 1050. The molecule has 150 valence electrons. The van der Waals surface area contributed by atoms with E-state index in [0.29, 0.717) is 16.9 Å². The maximum Gasteiger partial charge on any atom is 0.416 e. The number of alkyl halides is 3. The molecule has 0 aliphatic heterocycles. The molecule has 0 aliphatic carbocycles. The van der Waals surface area contributed by atoms with Crippen molar-refractivity contribution in [1.82, 2.24) is 4.98 Å². The van der Waals surface area contributed by atoms with Crippen molar-refractivity contribution in [1.29, 1.82) is 0 Å². The molecule has 2 aromatic carbocycles. The van der Waals surface area contributed by atoms with Crippen LogP contribution >= 0.6 is 0 Å². The zero-order valence-corrected chi connectivity index (χ0v) is 15.8. The highest BCUT2D eigenvalue weighted by atomic mass is 19.4. The first-order valence-electron chi connectivity index (χ1n) is 8.67. The van der Waals surface area contributed by atoms with Gasteiger partial charge in [0.05, 0.1) is 11.3 Å². The maximum absolute atomic E-state index is 12.9. The van der Waals surface area contributed by atoms with E-state index >= 15 is 0 Å². The van der Waals surface area contributed by atoms with E-state index in [2.05, 4.69) is 10.3 Å². The normalized spacial score (nSPS) is 11.2. The molecule has 3 rings (SSSR count). The van der Waals surface area contributed by atoms with Crippen LogP contribution in [0.15, 0.2) is 60.8 Å². The van der Waals surface area contributed by atoms with Crippen LogP contribution in [-0.2, 0) is 6.18 Å². The Balaban J connectivity index is 1.89. The van der Waals surface area contributed by atoms with Crippen molar-refractivity contribution >= 4 is 23.0 Å². The third kappa shape index (κ3) is 4.66. The molecule has 0 spiro atoms. The van der Waals surface area contributed by atoms with Gasteiger partial charge in [0.15, 0.2) is 0 Å². The molecule has 1 heterocycles. The van der Waals surface area contributed by atoms with Gasteiger partial charge in [0, 0.05) is 48.5 Å². The van der Waals surface area contributed by atoms with Gasteiger partial charge in [0.1, 0.15) is 0 Å². The minimum absolute atomic E-state index is 0.0531. The lowest BCUT2D eigenvalue weighted by Crippen LogP contribution is -2.13. The summed E-state index contributed by atoms with van der Waals surface area (Å²) in [7, 11) is 3.78. The van der Waals surface area contributed by atoms with Crippen molar-refractivity contribution in [2.24, 2.45) is 0 Å². The third-order valence-corrected chi connectivity index (χ3v) is 4.30. The average Bonchev–Trinajstić information content (AvgIpc) is 2.68. The highest BCUT2D eigenvalue weighted by molar-refractivity contribution is 6.05. The predicted molar refractivity (Wildman–Crippen MR) is 108 cm³/mol. The number of nitrogens with zero attached hydrogens (tertiary/aromatic N) is 2. The zero-order valence-electron chi connectivity index (χ0n) is 15.8. The molecule has 3 aromatic rings. The second-order valence-electron chi connectivity index (χ2n) is 6.63. The number of nitrogens with one attached hydrogen (secondary N) is 1. The number of benzene rings is 2. The Kier molecular flexibility index (Phi) is 5.45. The molecule has 5 nitrogen and oxygen atoms in total. The third-order valence-electron chi connectivity index (χ3n) is 4.30. The van der Waals surface area contributed by atoms with Gasteiger partial charge in [-0.15, -0.1) is 0 Å². The number of nitrogens with two attached hydrogens (primary N) is 1. The van der Waals surface area contributed by atoms with E-state index in [4.69, 9.17) is 5.73 Å². The second kappa shape index (κ2) is 7.83. The van der Waals surface area contributed by atoms with E-state index < -0.39 is 17.6 Å². The van der Waals surface area contributed by atoms with Crippen LogP contribution in [0.25, 0.3) is 11.3 Å². The highest BCUT2D eigenvalue weighted by Gasteiger charge is 2.30. The highest BCUT2D eigenvalue weighted by Crippen LogP contribution is 2.31. The number of pyridine rings is 1. The summed E-state index contributed by atoms with van der Waals surface area (Å²) in [4.78, 5) is 18.7. The topological polar surface area (TPSA) is 71.2 Å². The monoisotopic (exact) mass is 400 g/mol. The molecule has 0 unspecified atom stereocenters. The summed E-state index contributed by atoms with van der Waals surface area (Å²) in [5.41, 5.74) is 8.09. The summed E-state index contributed by atoms with van der Waals surface area (Å²) < 4.78 is 38.6. The molecule has 0 bridgehead atoms. The van der Waals surface area contributed by atoms with Crippen molar-refractivity contribution in [3.05, 3.63) is 71.9 Å². The number of aromatic nitrogens is 1. The molecule has 0 saturated heterocycles. The lowest BCUT2D eigenvalue weighted by atomic mass is 10.1. The van der Waals surface area contributed by atoms with Gasteiger partial charge in [-0.3, -0.25) is 9.78 Å². The molecule has 8 heteroatoms. The summed E-state index contributed by atoms with van der Waals surface area (Å²) in [6.45, 7) is 0. The fourth-order valence-electron chi connectivity index (χ4n) is 2.74. The Morgan fingerprint density at radius 3 is 2.52 bits per heavy atom. The van der Waals surface area contributed by atoms with Crippen molar-refractivity contribution in [3.8, 4) is 11.3 Å². The number of hydrogen-bond acceptors (Lipinski definition) is 4. The molecule has 0 saturated carbocycles. The minimum Gasteiger partial charge on any atom is -0.398 e. The molecule has 0 aliphatic rings. The molecule has 0 atom stereocenters. The fraction of sp³-hybridized carbons (Fsp3) is 0.143. The Labute approximate surface area is 166 Å². The first-order chi connectivity index (χ1) is 13.6. The predicted octanol–water partition coefficient (Wildman–Crippen LogP) is 4.67. The lowest BCUT2D eigenvalue weighted by molar-refractivity contribution is -0.137. The average molecular weight is 400 g/mol. The quantitative estimate of drug-likeness (QED) is 0.625. The van der Waals surface area contributed by atoms with Crippen LogP contribution in [0.3, 0.4) is 0 Å². The van der Waals surface area contributed by atoms with E-state index in [1.54, 1.807) is 12.1 Å². The number of rotatable bonds is 4. The second-order valence-corrected chi connectivity index (χ2v) is 6.63. The van der Waals surface area contributed by atoms with Crippen LogP contribution in [0, 0.1) is 0 Å². The molecule has 0 fully saturated rings. The Morgan fingerprint density at radius 1 is 1.07 bits per heavy atom. The largest absolute Gasteiger partial charge is 0.416 e. The van der Waals surface area contributed by atoms with Crippen molar-refractivity contribution < 1.29 is 18.0 Å². The first kappa shape index (κ1) is 20.2. The Hall–Kier alpha value is -3.55. The van der Waals surface area contributed by atoms with Gasteiger partial charge in [-0.05, 0) is 48.5 Å².